The number of hydrogen-bond donors (Lipinski definition) is 1. The molecule has 3 nitrogen and oxygen atoms in total. The van der Waals surface area contributed by atoms with E-state index in [0.717, 1.165) is 36.1 Å². The minimum atomic E-state index is 0. The van der Waals surface area contributed by atoms with Crippen molar-refractivity contribution < 1.29 is 30.0 Å². The van der Waals surface area contributed by atoms with Gasteiger partial charge in [-0.15, -0.1) is 34.9 Å². The molecule has 0 aliphatic heterocycles. The molecule has 4 heteroatoms. The van der Waals surface area contributed by atoms with Crippen LogP contribution < -0.4 is 0 Å². The van der Waals surface area contributed by atoms with Crippen LogP contribution in [0.4, 0.5) is 0 Å². The van der Waals surface area contributed by atoms with Gasteiger partial charge in [0.05, 0.1) is 5.76 Å². The SMILES string of the molecule is CCC(C)C(=O)/C=C(\O)C(C)CC.CCCCc1ccc2c(-c3[c-]c(C)cc(C)c3)nccc2c1.[Ir]. The minimum absolute atomic E-state index is 0. The third kappa shape index (κ3) is 9.30. The molecular weight excluding hydrogens is 623 g/mol. The maximum Gasteiger partial charge on any atom is 0.161 e. The number of fused-ring (bicyclic) bond motifs is 1. The van der Waals surface area contributed by atoms with E-state index in [-0.39, 0.29) is 43.5 Å². The molecule has 0 fully saturated rings. The fourth-order valence-electron chi connectivity index (χ4n) is 3.84. The topological polar surface area (TPSA) is 50.2 Å². The first-order valence-corrected chi connectivity index (χ1v) is 13.0. The predicted octanol–water partition coefficient (Wildman–Crippen LogP) is 8.75. The molecule has 3 rings (SSSR count). The molecule has 197 valence electrons. The van der Waals surface area contributed by atoms with E-state index in [4.69, 9.17) is 0 Å². The summed E-state index contributed by atoms with van der Waals surface area (Å²) >= 11 is 0. The monoisotopic (exact) mass is 665 g/mol. The van der Waals surface area contributed by atoms with Crippen LogP contribution >= 0.6 is 0 Å². The summed E-state index contributed by atoms with van der Waals surface area (Å²) in [7, 11) is 0. The number of pyridine rings is 1. The smallest absolute Gasteiger partial charge is 0.161 e. The van der Waals surface area contributed by atoms with Crippen LogP contribution in [0, 0.1) is 31.7 Å². The number of unbranched alkanes of at least 4 members (excludes halogenated alkanes) is 1. The largest absolute Gasteiger partial charge is 0.512 e. The van der Waals surface area contributed by atoms with Gasteiger partial charge in [0.25, 0.3) is 0 Å². The molecule has 0 saturated heterocycles. The number of aryl methyl sites for hydroxylation is 3. The van der Waals surface area contributed by atoms with E-state index in [9.17, 15) is 9.90 Å². The molecule has 1 aromatic heterocycles. The fourth-order valence-corrected chi connectivity index (χ4v) is 3.84. The average molecular weight is 665 g/mol. The van der Waals surface area contributed by atoms with Gasteiger partial charge in [-0.25, -0.2) is 0 Å². The number of allylic oxidation sites excluding steroid dienone is 2. The van der Waals surface area contributed by atoms with E-state index in [2.05, 4.69) is 68.2 Å². The second kappa shape index (κ2) is 15.7. The van der Waals surface area contributed by atoms with Crippen LogP contribution in [-0.2, 0) is 31.3 Å². The van der Waals surface area contributed by atoms with E-state index in [0.29, 0.717) is 0 Å². The van der Waals surface area contributed by atoms with Crippen LogP contribution in [0.1, 0.15) is 77.0 Å². The number of aliphatic hydroxyl groups is 1. The maximum absolute atomic E-state index is 11.4. The Balaban J connectivity index is 0.000000402. The van der Waals surface area contributed by atoms with Crippen LogP contribution in [-0.4, -0.2) is 15.9 Å². The molecule has 3 aromatic rings. The quantitative estimate of drug-likeness (QED) is 0.141. The Hall–Kier alpha value is -2.29. The van der Waals surface area contributed by atoms with Crippen molar-refractivity contribution in [2.24, 2.45) is 11.8 Å². The van der Waals surface area contributed by atoms with E-state index in [1.807, 2.05) is 33.9 Å². The zero-order chi connectivity index (χ0) is 26.0. The van der Waals surface area contributed by atoms with Crippen molar-refractivity contribution in [3.8, 4) is 11.3 Å². The van der Waals surface area contributed by atoms with Crippen LogP contribution in [0.2, 0.25) is 0 Å². The molecule has 1 heterocycles. The number of hydrogen-bond acceptors (Lipinski definition) is 3. The van der Waals surface area contributed by atoms with Gasteiger partial charge in [0.1, 0.15) is 0 Å². The molecule has 2 unspecified atom stereocenters. The number of nitrogens with zero attached hydrogens (tertiary/aromatic N) is 1. The zero-order valence-corrected chi connectivity index (χ0v) is 25.3. The summed E-state index contributed by atoms with van der Waals surface area (Å²) in [4.78, 5) is 16.0. The average Bonchev–Trinajstić information content (AvgIpc) is 2.85. The predicted molar refractivity (Wildman–Crippen MR) is 149 cm³/mol. The van der Waals surface area contributed by atoms with Crippen molar-refractivity contribution in [1.82, 2.24) is 4.98 Å². The van der Waals surface area contributed by atoms with Crippen LogP contribution in [0.15, 0.2) is 54.4 Å². The van der Waals surface area contributed by atoms with Gasteiger partial charge in [0.2, 0.25) is 0 Å². The molecule has 0 saturated carbocycles. The number of benzene rings is 2. The molecule has 0 aliphatic rings. The van der Waals surface area contributed by atoms with E-state index in [1.165, 1.54) is 40.8 Å². The maximum atomic E-state index is 11.4. The Morgan fingerprint density at radius 2 is 1.72 bits per heavy atom. The number of aromatic nitrogens is 1. The summed E-state index contributed by atoms with van der Waals surface area (Å²) < 4.78 is 0. The molecule has 1 radical (unpaired) electrons. The Bertz CT molecular complexity index is 1130. The van der Waals surface area contributed by atoms with Crippen molar-refractivity contribution in [1.29, 1.82) is 0 Å². The summed E-state index contributed by atoms with van der Waals surface area (Å²) in [6.07, 6.45) is 8.60. The zero-order valence-electron chi connectivity index (χ0n) is 22.9. The molecular formula is C32H42IrNO2-. The van der Waals surface area contributed by atoms with Crippen LogP contribution in [0.25, 0.3) is 22.0 Å². The van der Waals surface area contributed by atoms with Crippen molar-refractivity contribution in [2.45, 2.75) is 80.6 Å². The first-order chi connectivity index (χ1) is 16.7. The number of carbonyl (C=O) groups is 1. The number of rotatable bonds is 9. The Morgan fingerprint density at radius 3 is 2.33 bits per heavy atom. The normalized spacial score (nSPS) is 12.8. The molecule has 0 bridgehead atoms. The van der Waals surface area contributed by atoms with Gasteiger partial charge in [-0.2, -0.15) is 0 Å². The van der Waals surface area contributed by atoms with Crippen molar-refractivity contribution in [2.75, 3.05) is 0 Å². The van der Waals surface area contributed by atoms with Gasteiger partial charge in [-0.05, 0) is 53.8 Å². The van der Waals surface area contributed by atoms with Crippen molar-refractivity contribution >= 4 is 16.6 Å². The first kappa shape index (κ1) is 31.7. The molecule has 0 aliphatic carbocycles. The van der Waals surface area contributed by atoms with Gasteiger partial charge in [-0.1, -0.05) is 73.1 Å². The summed E-state index contributed by atoms with van der Waals surface area (Å²) in [6.45, 7) is 14.2. The number of carbonyl (C=O) groups excluding carboxylic acids is 1. The van der Waals surface area contributed by atoms with Crippen molar-refractivity contribution in [3.63, 3.8) is 0 Å². The molecule has 36 heavy (non-hydrogen) atoms. The minimum Gasteiger partial charge on any atom is -0.512 e. The summed E-state index contributed by atoms with van der Waals surface area (Å²) in [5.74, 6) is 0.354. The van der Waals surface area contributed by atoms with Gasteiger partial charge >= 0.3 is 0 Å². The van der Waals surface area contributed by atoms with E-state index < -0.39 is 0 Å². The van der Waals surface area contributed by atoms with Gasteiger partial charge in [0, 0.05) is 44.2 Å². The standard InChI is InChI=1S/C21H22N.C11H20O2.Ir/c1-4-5-6-17-7-8-20-18(14-17)9-10-22-21(20)19-12-15(2)11-16(3)13-19;1-5-8(3)10(12)7-11(13)9(4)6-2;/h7-12,14H,4-6H2,1-3H3;7-9,12H,5-6H2,1-4H3;/q-1;;/b;10-7-;. The van der Waals surface area contributed by atoms with E-state index in [1.54, 1.807) is 0 Å². The molecule has 2 aromatic carbocycles. The third-order valence-electron chi connectivity index (χ3n) is 6.56. The van der Waals surface area contributed by atoms with Gasteiger partial charge in [-0.3, -0.25) is 4.79 Å². The fraction of sp³-hybridized carbons (Fsp3) is 0.438. The first-order valence-electron chi connectivity index (χ1n) is 13.0. The number of aliphatic hydroxyl groups excluding tert-OH is 1. The summed E-state index contributed by atoms with van der Waals surface area (Å²) in [6, 6.07) is 16.6. The Morgan fingerprint density at radius 1 is 1.03 bits per heavy atom. The van der Waals surface area contributed by atoms with Crippen LogP contribution in [0.5, 0.6) is 0 Å². The van der Waals surface area contributed by atoms with E-state index >= 15 is 0 Å². The van der Waals surface area contributed by atoms with Gasteiger partial charge in [0.15, 0.2) is 5.78 Å². The summed E-state index contributed by atoms with van der Waals surface area (Å²) in [5.41, 5.74) is 5.95. The molecule has 2 atom stereocenters. The third-order valence-corrected chi connectivity index (χ3v) is 6.56. The van der Waals surface area contributed by atoms with Crippen molar-refractivity contribution in [3.05, 3.63) is 77.2 Å². The Labute approximate surface area is 231 Å². The Kier molecular flexibility index (Phi) is 13.9. The molecule has 1 N–H and O–H groups in total. The molecule has 0 spiro atoms. The molecule has 0 amide bonds. The van der Waals surface area contributed by atoms with Crippen LogP contribution in [0.3, 0.4) is 0 Å². The second-order valence-electron chi connectivity index (χ2n) is 9.66. The van der Waals surface area contributed by atoms with Gasteiger partial charge < -0.3 is 10.1 Å². The summed E-state index contributed by atoms with van der Waals surface area (Å²) in [5, 5.41) is 12.0. The second-order valence-corrected chi connectivity index (χ2v) is 9.66. The number of ketones is 1.